The Hall–Kier alpha value is -1.26. The molecule has 1 rings (SSSR count). The Morgan fingerprint density at radius 3 is 2.78 bits per heavy atom. The molecule has 0 aromatic heterocycles. The normalized spacial score (nSPS) is 12.2. The molecular weight excluding hydrogens is 228 g/mol. The molecule has 1 aromatic carbocycles. The van der Waals surface area contributed by atoms with Crippen LogP contribution in [0.4, 0.5) is 5.69 Å². The summed E-state index contributed by atoms with van der Waals surface area (Å²) in [6, 6.07) is 8.11. The maximum atomic E-state index is 9.15. The number of aliphatic hydroxyl groups is 1. The minimum atomic E-state index is 0.118. The molecule has 18 heavy (non-hydrogen) atoms. The number of likely N-dealkylation sites (N-methyl/N-ethyl adjacent to an activating group) is 1. The highest BCUT2D eigenvalue weighted by atomic mass is 16.5. The molecule has 0 aliphatic carbocycles. The van der Waals surface area contributed by atoms with Crippen LogP contribution in [0.1, 0.15) is 13.3 Å². The van der Waals surface area contributed by atoms with Crippen molar-refractivity contribution in [1.29, 1.82) is 0 Å². The molecule has 1 unspecified atom stereocenters. The van der Waals surface area contributed by atoms with E-state index < -0.39 is 0 Å². The molecule has 1 atom stereocenters. The van der Waals surface area contributed by atoms with E-state index in [2.05, 4.69) is 5.32 Å². The van der Waals surface area contributed by atoms with E-state index in [-0.39, 0.29) is 12.6 Å². The average Bonchev–Trinajstić information content (AvgIpc) is 2.38. The van der Waals surface area contributed by atoms with Crippen LogP contribution in [0.15, 0.2) is 24.3 Å². The number of hydrogen-bond acceptors (Lipinski definition) is 4. The van der Waals surface area contributed by atoms with Crippen LogP contribution in [0.5, 0.6) is 5.75 Å². The highest BCUT2D eigenvalue weighted by Crippen LogP contribution is 2.19. The Bertz CT molecular complexity index is 342. The molecule has 0 saturated carbocycles. The molecule has 0 aliphatic heterocycles. The summed E-state index contributed by atoms with van der Waals surface area (Å²) in [6.45, 7) is 3.65. The zero-order valence-electron chi connectivity index (χ0n) is 11.5. The predicted molar refractivity (Wildman–Crippen MR) is 75.4 cm³/mol. The maximum absolute atomic E-state index is 9.15. The van der Waals surface area contributed by atoms with Crippen LogP contribution >= 0.6 is 0 Å². The number of nitrogens with zero attached hydrogens (tertiary/aromatic N) is 1. The van der Waals surface area contributed by atoms with Crippen molar-refractivity contribution in [2.75, 3.05) is 38.8 Å². The van der Waals surface area contributed by atoms with Gasteiger partial charge in [0.05, 0.1) is 13.2 Å². The molecule has 0 aliphatic rings. The number of nitrogens with one attached hydrogen (secondary N) is 1. The summed E-state index contributed by atoms with van der Waals surface area (Å²) < 4.78 is 5.70. The lowest BCUT2D eigenvalue weighted by molar-refractivity contribution is 0.210. The molecule has 1 aromatic rings. The van der Waals surface area contributed by atoms with Crippen molar-refractivity contribution in [2.45, 2.75) is 19.4 Å². The van der Waals surface area contributed by atoms with Crippen molar-refractivity contribution in [1.82, 2.24) is 5.32 Å². The van der Waals surface area contributed by atoms with Gasteiger partial charge in [0.1, 0.15) is 5.75 Å². The van der Waals surface area contributed by atoms with E-state index in [1.54, 1.807) is 0 Å². The summed E-state index contributed by atoms with van der Waals surface area (Å²) in [5.41, 5.74) is 1.12. The molecule has 0 amide bonds. The van der Waals surface area contributed by atoms with Crippen molar-refractivity contribution < 1.29 is 9.84 Å². The standard InChI is InChI=1S/C14H24N2O2/c1-4-15-12(11-17)8-9-18-14-7-5-6-13(10-14)16(2)3/h5-7,10,12,15,17H,4,8-9,11H2,1-3H3. The maximum Gasteiger partial charge on any atom is 0.121 e. The molecular formula is C14H24N2O2. The fraction of sp³-hybridized carbons (Fsp3) is 0.571. The van der Waals surface area contributed by atoms with Gasteiger partial charge in [0.25, 0.3) is 0 Å². The Balaban J connectivity index is 2.41. The molecule has 0 bridgehead atoms. The van der Waals surface area contributed by atoms with E-state index in [1.807, 2.05) is 50.2 Å². The Labute approximate surface area is 110 Å². The molecule has 0 saturated heterocycles. The zero-order chi connectivity index (χ0) is 13.4. The van der Waals surface area contributed by atoms with Gasteiger partial charge in [-0.05, 0) is 25.1 Å². The molecule has 0 fully saturated rings. The van der Waals surface area contributed by atoms with Crippen molar-refractivity contribution in [3.05, 3.63) is 24.3 Å². The smallest absolute Gasteiger partial charge is 0.121 e. The van der Waals surface area contributed by atoms with E-state index in [9.17, 15) is 0 Å². The molecule has 0 radical (unpaired) electrons. The second-order valence-corrected chi connectivity index (χ2v) is 4.47. The lowest BCUT2D eigenvalue weighted by Crippen LogP contribution is -2.33. The Kier molecular flexibility index (Phi) is 6.54. The van der Waals surface area contributed by atoms with Crippen LogP contribution in [0, 0.1) is 0 Å². The van der Waals surface area contributed by atoms with Crippen LogP contribution in [0.25, 0.3) is 0 Å². The number of aliphatic hydroxyl groups excluding tert-OH is 1. The zero-order valence-corrected chi connectivity index (χ0v) is 11.5. The van der Waals surface area contributed by atoms with Crippen LogP contribution in [0.3, 0.4) is 0 Å². The monoisotopic (exact) mass is 252 g/mol. The highest BCUT2D eigenvalue weighted by Gasteiger charge is 2.05. The summed E-state index contributed by atoms with van der Waals surface area (Å²) in [4.78, 5) is 2.04. The molecule has 4 nitrogen and oxygen atoms in total. The molecule has 0 heterocycles. The quantitative estimate of drug-likeness (QED) is 0.736. The average molecular weight is 252 g/mol. The minimum absolute atomic E-state index is 0.118. The van der Waals surface area contributed by atoms with E-state index in [0.29, 0.717) is 6.61 Å². The first-order valence-electron chi connectivity index (χ1n) is 6.41. The van der Waals surface area contributed by atoms with Gasteiger partial charge in [0, 0.05) is 31.9 Å². The molecule has 4 heteroatoms. The topological polar surface area (TPSA) is 44.7 Å². The van der Waals surface area contributed by atoms with Crippen LogP contribution < -0.4 is 15.0 Å². The second-order valence-electron chi connectivity index (χ2n) is 4.47. The van der Waals surface area contributed by atoms with Gasteiger partial charge >= 0.3 is 0 Å². The number of hydrogen-bond donors (Lipinski definition) is 2. The molecule has 2 N–H and O–H groups in total. The number of ether oxygens (including phenoxy) is 1. The minimum Gasteiger partial charge on any atom is -0.493 e. The van der Waals surface area contributed by atoms with Crippen molar-refractivity contribution in [3.63, 3.8) is 0 Å². The van der Waals surface area contributed by atoms with E-state index in [4.69, 9.17) is 9.84 Å². The Morgan fingerprint density at radius 2 is 2.17 bits per heavy atom. The lowest BCUT2D eigenvalue weighted by atomic mass is 10.2. The van der Waals surface area contributed by atoms with Crippen LogP contribution in [-0.2, 0) is 0 Å². The van der Waals surface area contributed by atoms with Gasteiger partial charge in [0.2, 0.25) is 0 Å². The number of rotatable bonds is 8. The van der Waals surface area contributed by atoms with Crippen LogP contribution in [0.2, 0.25) is 0 Å². The number of benzene rings is 1. The van der Waals surface area contributed by atoms with Crippen LogP contribution in [-0.4, -0.2) is 45.0 Å². The third-order valence-electron chi connectivity index (χ3n) is 2.78. The third-order valence-corrected chi connectivity index (χ3v) is 2.78. The summed E-state index contributed by atoms with van der Waals surface area (Å²) in [7, 11) is 4.01. The van der Waals surface area contributed by atoms with E-state index >= 15 is 0 Å². The molecule has 0 spiro atoms. The van der Waals surface area contributed by atoms with Gasteiger partial charge in [-0.3, -0.25) is 0 Å². The SMILES string of the molecule is CCNC(CO)CCOc1cccc(N(C)C)c1. The van der Waals surface area contributed by atoms with Crippen molar-refractivity contribution in [3.8, 4) is 5.75 Å². The summed E-state index contributed by atoms with van der Waals surface area (Å²) in [6.07, 6.45) is 0.802. The fourth-order valence-electron chi connectivity index (χ4n) is 1.72. The van der Waals surface area contributed by atoms with Gasteiger partial charge in [-0.2, -0.15) is 0 Å². The first kappa shape index (κ1) is 14.8. The highest BCUT2D eigenvalue weighted by molar-refractivity contribution is 5.49. The van der Waals surface area contributed by atoms with Gasteiger partial charge in [-0.1, -0.05) is 13.0 Å². The van der Waals surface area contributed by atoms with Gasteiger partial charge in [0.15, 0.2) is 0 Å². The summed E-state index contributed by atoms with van der Waals surface area (Å²) in [5, 5.41) is 12.4. The largest absolute Gasteiger partial charge is 0.493 e. The summed E-state index contributed by atoms with van der Waals surface area (Å²) in [5.74, 6) is 0.870. The first-order chi connectivity index (χ1) is 8.67. The number of anilines is 1. The van der Waals surface area contributed by atoms with Gasteiger partial charge in [-0.15, -0.1) is 0 Å². The summed E-state index contributed by atoms with van der Waals surface area (Å²) >= 11 is 0. The fourth-order valence-corrected chi connectivity index (χ4v) is 1.72. The Morgan fingerprint density at radius 1 is 1.39 bits per heavy atom. The van der Waals surface area contributed by atoms with Gasteiger partial charge < -0.3 is 20.1 Å². The first-order valence-corrected chi connectivity index (χ1v) is 6.41. The van der Waals surface area contributed by atoms with Crippen molar-refractivity contribution >= 4 is 5.69 Å². The van der Waals surface area contributed by atoms with E-state index in [1.165, 1.54) is 0 Å². The predicted octanol–water partition coefficient (Wildman–Crippen LogP) is 1.49. The van der Waals surface area contributed by atoms with Gasteiger partial charge in [-0.25, -0.2) is 0 Å². The van der Waals surface area contributed by atoms with E-state index in [0.717, 1.165) is 24.4 Å². The molecule has 102 valence electrons. The third kappa shape index (κ3) is 4.94. The van der Waals surface area contributed by atoms with Crippen molar-refractivity contribution in [2.24, 2.45) is 0 Å². The lowest BCUT2D eigenvalue weighted by Gasteiger charge is -2.16. The second kappa shape index (κ2) is 7.95.